The predicted octanol–water partition coefficient (Wildman–Crippen LogP) is 4.40. The average Bonchev–Trinajstić information content (AvgIpc) is 3.05. The van der Waals surface area contributed by atoms with Crippen molar-refractivity contribution in [3.8, 4) is 11.4 Å². The molecule has 3 rings (SSSR count). The maximum atomic E-state index is 4.54. The van der Waals surface area contributed by atoms with E-state index in [-0.39, 0.29) is 0 Å². The van der Waals surface area contributed by atoms with Crippen LogP contribution in [0.3, 0.4) is 0 Å². The van der Waals surface area contributed by atoms with Crippen LogP contribution in [0.1, 0.15) is 37.8 Å². The first kappa shape index (κ1) is 15.0. The fraction of sp³-hybridized carbons (Fsp3) is 0.421. The Hall–Kier alpha value is -1.87. The number of hydrogen-bond acceptors (Lipinski definition) is 2. The van der Waals surface area contributed by atoms with Gasteiger partial charge in [0.1, 0.15) is 5.82 Å². The van der Waals surface area contributed by atoms with E-state index >= 15 is 0 Å². The molecule has 1 saturated carbocycles. The number of aromatic amines is 1. The molecule has 1 aliphatic rings. The number of H-pyrrole nitrogens is 1. The van der Waals surface area contributed by atoms with Crippen LogP contribution in [0.2, 0.25) is 0 Å². The molecule has 22 heavy (non-hydrogen) atoms. The quantitative estimate of drug-likeness (QED) is 0.801. The first-order valence-electron chi connectivity index (χ1n) is 8.31. The third-order valence-electron chi connectivity index (χ3n) is 4.50. The second-order valence-electron chi connectivity index (χ2n) is 6.13. The molecule has 3 heteroatoms. The molecule has 0 unspecified atom stereocenters. The van der Waals surface area contributed by atoms with Crippen molar-refractivity contribution in [3.05, 3.63) is 54.9 Å². The highest BCUT2D eigenvalue weighted by atomic mass is 15.2. The normalized spacial score (nSPS) is 16.0. The smallest absolute Gasteiger partial charge is 0.137 e. The van der Waals surface area contributed by atoms with Gasteiger partial charge in [-0.25, -0.2) is 4.98 Å². The van der Waals surface area contributed by atoms with Gasteiger partial charge in [-0.2, -0.15) is 0 Å². The fourth-order valence-corrected chi connectivity index (χ4v) is 3.36. The average molecular weight is 295 g/mol. The number of nitrogens with one attached hydrogen (secondary N) is 1. The number of rotatable bonds is 6. The molecule has 1 aromatic heterocycles. The summed E-state index contributed by atoms with van der Waals surface area (Å²) in [6, 6.07) is 11.0. The van der Waals surface area contributed by atoms with Gasteiger partial charge in [0, 0.05) is 36.6 Å². The number of aromatic nitrogens is 2. The summed E-state index contributed by atoms with van der Waals surface area (Å²) < 4.78 is 0. The SMILES string of the molecule is C=CCN(Cc1cnc(-c2ccccc2)[nH]1)C1CCCCC1. The second kappa shape index (κ2) is 7.41. The van der Waals surface area contributed by atoms with Crippen LogP contribution in [0.25, 0.3) is 11.4 Å². The van der Waals surface area contributed by atoms with Crippen molar-refractivity contribution >= 4 is 0 Å². The van der Waals surface area contributed by atoms with Crippen LogP contribution in [-0.2, 0) is 6.54 Å². The standard InChI is InChI=1S/C19H25N3/c1-2-13-22(18-11-7-4-8-12-18)15-17-14-20-19(21-17)16-9-5-3-6-10-16/h2-3,5-6,9-10,14,18H,1,4,7-8,11-13,15H2,(H,20,21). The second-order valence-corrected chi connectivity index (χ2v) is 6.13. The summed E-state index contributed by atoms with van der Waals surface area (Å²) in [7, 11) is 0. The Labute approximate surface area is 133 Å². The molecule has 116 valence electrons. The van der Waals surface area contributed by atoms with Gasteiger partial charge in [0.25, 0.3) is 0 Å². The highest BCUT2D eigenvalue weighted by Gasteiger charge is 2.20. The summed E-state index contributed by atoms with van der Waals surface area (Å²) in [5.41, 5.74) is 2.33. The lowest BCUT2D eigenvalue weighted by molar-refractivity contribution is 0.163. The molecular formula is C19H25N3. The number of nitrogens with zero attached hydrogens (tertiary/aromatic N) is 2. The zero-order valence-electron chi connectivity index (χ0n) is 13.2. The van der Waals surface area contributed by atoms with Gasteiger partial charge in [-0.05, 0) is 12.8 Å². The Morgan fingerprint density at radius 2 is 1.95 bits per heavy atom. The molecule has 3 nitrogen and oxygen atoms in total. The highest BCUT2D eigenvalue weighted by molar-refractivity contribution is 5.54. The minimum atomic E-state index is 0.690. The van der Waals surface area contributed by atoms with Crippen molar-refractivity contribution in [2.75, 3.05) is 6.54 Å². The lowest BCUT2D eigenvalue weighted by atomic mass is 9.94. The molecule has 1 N–H and O–H groups in total. The topological polar surface area (TPSA) is 31.9 Å². The molecule has 0 amide bonds. The lowest BCUT2D eigenvalue weighted by Gasteiger charge is -2.33. The minimum Gasteiger partial charge on any atom is -0.341 e. The fourth-order valence-electron chi connectivity index (χ4n) is 3.36. The van der Waals surface area contributed by atoms with E-state index in [2.05, 4.69) is 33.6 Å². The van der Waals surface area contributed by atoms with Crippen LogP contribution in [0.4, 0.5) is 0 Å². The predicted molar refractivity (Wildman–Crippen MR) is 91.5 cm³/mol. The van der Waals surface area contributed by atoms with Crippen molar-refractivity contribution < 1.29 is 0 Å². The first-order chi connectivity index (χ1) is 10.9. The van der Waals surface area contributed by atoms with Crippen molar-refractivity contribution in [1.82, 2.24) is 14.9 Å². The summed E-state index contributed by atoms with van der Waals surface area (Å²) in [5.74, 6) is 0.956. The molecule has 0 radical (unpaired) electrons. The van der Waals surface area contributed by atoms with Crippen LogP contribution >= 0.6 is 0 Å². The third kappa shape index (κ3) is 3.66. The minimum absolute atomic E-state index is 0.690. The Morgan fingerprint density at radius 1 is 1.18 bits per heavy atom. The highest BCUT2D eigenvalue weighted by Crippen LogP contribution is 2.24. The Balaban J connectivity index is 1.70. The molecule has 1 fully saturated rings. The van der Waals surface area contributed by atoms with E-state index in [4.69, 9.17) is 0 Å². The molecule has 0 spiro atoms. The summed E-state index contributed by atoms with van der Waals surface area (Å²) in [6.07, 6.45) is 10.7. The first-order valence-corrected chi connectivity index (χ1v) is 8.31. The van der Waals surface area contributed by atoms with E-state index in [0.717, 1.165) is 24.5 Å². The summed E-state index contributed by atoms with van der Waals surface area (Å²) >= 11 is 0. The molecule has 1 heterocycles. The molecule has 2 aromatic rings. The maximum Gasteiger partial charge on any atom is 0.137 e. The number of hydrogen-bond donors (Lipinski definition) is 1. The van der Waals surface area contributed by atoms with Crippen molar-refractivity contribution in [2.45, 2.75) is 44.7 Å². The number of imidazole rings is 1. The van der Waals surface area contributed by atoms with E-state index in [1.165, 1.54) is 37.8 Å². The van der Waals surface area contributed by atoms with Crippen molar-refractivity contribution in [1.29, 1.82) is 0 Å². The van der Waals surface area contributed by atoms with Crippen LogP contribution < -0.4 is 0 Å². The van der Waals surface area contributed by atoms with E-state index < -0.39 is 0 Å². The molecule has 1 aliphatic carbocycles. The summed E-state index contributed by atoms with van der Waals surface area (Å²) in [4.78, 5) is 10.5. The Bertz CT molecular complexity index is 582. The maximum absolute atomic E-state index is 4.54. The zero-order chi connectivity index (χ0) is 15.2. The van der Waals surface area contributed by atoms with Crippen LogP contribution in [0.15, 0.2) is 49.2 Å². The third-order valence-corrected chi connectivity index (χ3v) is 4.50. The van der Waals surface area contributed by atoms with E-state index in [1.54, 1.807) is 0 Å². The van der Waals surface area contributed by atoms with Gasteiger partial charge in [-0.3, -0.25) is 4.90 Å². The Morgan fingerprint density at radius 3 is 2.68 bits per heavy atom. The Kier molecular flexibility index (Phi) is 5.07. The monoisotopic (exact) mass is 295 g/mol. The summed E-state index contributed by atoms with van der Waals surface area (Å²) in [5, 5.41) is 0. The van der Waals surface area contributed by atoms with Crippen LogP contribution in [0, 0.1) is 0 Å². The molecule has 0 atom stereocenters. The van der Waals surface area contributed by atoms with E-state index in [1.807, 2.05) is 30.5 Å². The molecule has 0 aliphatic heterocycles. The van der Waals surface area contributed by atoms with Crippen molar-refractivity contribution in [3.63, 3.8) is 0 Å². The molecule has 1 aromatic carbocycles. The number of benzene rings is 1. The zero-order valence-corrected chi connectivity index (χ0v) is 13.2. The van der Waals surface area contributed by atoms with Crippen LogP contribution in [0.5, 0.6) is 0 Å². The van der Waals surface area contributed by atoms with Gasteiger partial charge in [0.05, 0.1) is 0 Å². The van der Waals surface area contributed by atoms with Gasteiger partial charge in [0.2, 0.25) is 0 Å². The van der Waals surface area contributed by atoms with Gasteiger partial charge in [-0.15, -0.1) is 6.58 Å². The largest absolute Gasteiger partial charge is 0.341 e. The van der Waals surface area contributed by atoms with Gasteiger partial charge in [0.15, 0.2) is 0 Å². The lowest BCUT2D eigenvalue weighted by Crippen LogP contribution is -2.36. The van der Waals surface area contributed by atoms with Crippen molar-refractivity contribution in [2.24, 2.45) is 0 Å². The summed E-state index contributed by atoms with van der Waals surface area (Å²) in [6.45, 7) is 5.80. The van der Waals surface area contributed by atoms with E-state index in [9.17, 15) is 0 Å². The van der Waals surface area contributed by atoms with Gasteiger partial charge >= 0.3 is 0 Å². The molecule has 0 saturated heterocycles. The van der Waals surface area contributed by atoms with Gasteiger partial charge in [-0.1, -0.05) is 55.7 Å². The van der Waals surface area contributed by atoms with Gasteiger partial charge < -0.3 is 4.98 Å². The molecule has 0 bridgehead atoms. The molecular weight excluding hydrogens is 270 g/mol. The van der Waals surface area contributed by atoms with Crippen LogP contribution in [-0.4, -0.2) is 27.5 Å². The van der Waals surface area contributed by atoms with E-state index in [0.29, 0.717) is 6.04 Å².